The normalized spacial score (nSPS) is 15.3. The van der Waals surface area contributed by atoms with Crippen LogP contribution in [0.25, 0.3) is 0 Å². The van der Waals surface area contributed by atoms with E-state index < -0.39 is 10.0 Å². The molecule has 0 aromatic heterocycles. The van der Waals surface area contributed by atoms with E-state index in [2.05, 4.69) is 10.0 Å². The molecular weight excluding hydrogens is 360 g/mol. The molecule has 0 radical (unpaired) electrons. The van der Waals surface area contributed by atoms with Crippen molar-refractivity contribution < 1.29 is 13.2 Å². The standard InChI is InChI=1S/C21H26N2O3S/c1-15-11-13-18(14-12-15)27(25,26)23-20-10-6-9-19(16(20)2)21(24)22-17-7-4-3-5-8-17/h6,9-14,17,23H,3-5,7-8H2,1-2H3,(H,22,24). The van der Waals surface area contributed by atoms with E-state index in [0.717, 1.165) is 31.2 Å². The van der Waals surface area contributed by atoms with Crippen LogP contribution in [0.5, 0.6) is 0 Å². The maximum Gasteiger partial charge on any atom is 0.261 e. The van der Waals surface area contributed by atoms with Crippen LogP contribution in [-0.2, 0) is 10.0 Å². The molecule has 0 heterocycles. The molecule has 1 saturated carbocycles. The summed E-state index contributed by atoms with van der Waals surface area (Å²) in [5.41, 5.74) is 2.55. The van der Waals surface area contributed by atoms with Crippen LogP contribution < -0.4 is 10.0 Å². The number of carbonyl (C=O) groups is 1. The lowest BCUT2D eigenvalue weighted by molar-refractivity contribution is 0.0927. The quantitative estimate of drug-likeness (QED) is 0.810. The van der Waals surface area contributed by atoms with E-state index in [1.165, 1.54) is 6.42 Å². The molecule has 27 heavy (non-hydrogen) atoms. The smallest absolute Gasteiger partial charge is 0.261 e. The maximum absolute atomic E-state index is 12.7. The number of carbonyl (C=O) groups excluding carboxylic acids is 1. The van der Waals surface area contributed by atoms with Gasteiger partial charge in [-0.15, -0.1) is 0 Å². The zero-order chi connectivity index (χ0) is 19.4. The van der Waals surface area contributed by atoms with Gasteiger partial charge in [-0.25, -0.2) is 8.42 Å². The summed E-state index contributed by atoms with van der Waals surface area (Å²) in [7, 11) is -3.70. The molecule has 1 fully saturated rings. The zero-order valence-electron chi connectivity index (χ0n) is 15.8. The van der Waals surface area contributed by atoms with Gasteiger partial charge in [-0.2, -0.15) is 0 Å². The Bertz CT molecular complexity index is 915. The van der Waals surface area contributed by atoms with Gasteiger partial charge in [0.15, 0.2) is 0 Å². The summed E-state index contributed by atoms with van der Waals surface area (Å²) in [6.45, 7) is 3.67. The Kier molecular flexibility index (Phi) is 5.85. The largest absolute Gasteiger partial charge is 0.349 e. The highest BCUT2D eigenvalue weighted by Gasteiger charge is 2.20. The maximum atomic E-state index is 12.7. The number of nitrogens with one attached hydrogen (secondary N) is 2. The molecule has 0 spiro atoms. The first-order valence-electron chi connectivity index (χ1n) is 9.37. The minimum Gasteiger partial charge on any atom is -0.349 e. The molecule has 1 aliphatic rings. The predicted octanol–water partition coefficient (Wildman–Crippen LogP) is 4.17. The van der Waals surface area contributed by atoms with E-state index in [-0.39, 0.29) is 16.8 Å². The summed E-state index contributed by atoms with van der Waals surface area (Å²) in [6, 6.07) is 12.0. The van der Waals surface area contributed by atoms with Crippen LogP contribution in [0.2, 0.25) is 0 Å². The van der Waals surface area contributed by atoms with Gasteiger partial charge in [-0.05, 0) is 56.5 Å². The minimum absolute atomic E-state index is 0.143. The molecule has 1 aliphatic carbocycles. The second-order valence-electron chi connectivity index (χ2n) is 7.21. The first-order valence-corrected chi connectivity index (χ1v) is 10.8. The Morgan fingerprint density at radius 3 is 2.30 bits per heavy atom. The van der Waals surface area contributed by atoms with Crippen LogP contribution in [0, 0.1) is 13.8 Å². The average Bonchev–Trinajstić information content (AvgIpc) is 2.64. The van der Waals surface area contributed by atoms with E-state index in [1.54, 1.807) is 49.4 Å². The summed E-state index contributed by atoms with van der Waals surface area (Å²) >= 11 is 0. The van der Waals surface area contributed by atoms with Gasteiger partial charge >= 0.3 is 0 Å². The van der Waals surface area contributed by atoms with Crippen LogP contribution in [0.15, 0.2) is 47.4 Å². The van der Waals surface area contributed by atoms with Crippen molar-refractivity contribution in [2.24, 2.45) is 0 Å². The van der Waals surface area contributed by atoms with Crippen molar-refractivity contribution in [2.45, 2.75) is 56.9 Å². The van der Waals surface area contributed by atoms with Gasteiger partial charge in [-0.1, -0.05) is 43.0 Å². The van der Waals surface area contributed by atoms with Crippen molar-refractivity contribution in [2.75, 3.05) is 4.72 Å². The molecule has 0 aliphatic heterocycles. The minimum atomic E-state index is -3.70. The molecule has 2 aromatic rings. The highest BCUT2D eigenvalue weighted by atomic mass is 32.2. The third-order valence-electron chi connectivity index (χ3n) is 5.09. The number of aryl methyl sites for hydroxylation is 1. The number of anilines is 1. The Morgan fingerprint density at radius 1 is 0.963 bits per heavy atom. The first-order chi connectivity index (χ1) is 12.9. The summed E-state index contributed by atoms with van der Waals surface area (Å²) in [4.78, 5) is 12.9. The lowest BCUT2D eigenvalue weighted by Gasteiger charge is -2.23. The van der Waals surface area contributed by atoms with E-state index >= 15 is 0 Å². The number of rotatable bonds is 5. The molecule has 0 atom stereocenters. The molecule has 1 amide bonds. The Hall–Kier alpha value is -2.34. The molecule has 3 rings (SSSR count). The van der Waals surface area contributed by atoms with E-state index in [9.17, 15) is 13.2 Å². The third kappa shape index (κ3) is 4.69. The van der Waals surface area contributed by atoms with Gasteiger partial charge in [0.05, 0.1) is 10.6 Å². The topological polar surface area (TPSA) is 75.3 Å². The molecule has 6 heteroatoms. The highest BCUT2D eigenvalue weighted by molar-refractivity contribution is 7.92. The number of amides is 1. The van der Waals surface area contributed by atoms with E-state index in [1.807, 2.05) is 6.92 Å². The third-order valence-corrected chi connectivity index (χ3v) is 6.48. The summed E-state index contributed by atoms with van der Waals surface area (Å²) in [5.74, 6) is -0.143. The fourth-order valence-corrected chi connectivity index (χ4v) is 4.55. The predicted molar refractivity (Wildman–Crippen MR) is 108 cm³/mol. The van der Waals surface area contributed by atoms with Gasteiger partial charge in [-0.3, -0.25) is 9.52 Å². The fraction of sp³-hybridized carbons (Fsp3) is 0.381. The lowest BCUT2D eigenvalue weighted by atomic mass is 9.95. The molecule has 144 valence electrons. The van der Waals surface area contributed by atoms with Crippen molar-refractivity contribution >= 4 is 21.6 Å². The fourth-order valence-electron chi connectivity index (χ4n) is 3.42. The Balaban J connectivity index is 1.79. The van der Waals surface area contributed by atoms with Crippen LogP contribution in [-0.4, -0.2) is 20.4 Å². The van der Waals surface area contributed by atoms with Gasteiger partial charge in [0, 0.05) is 11.6 Å². The van der Waals surface area contributed by atoms with Gasteiger partial charge in [0.25, 0.3) is 15.9 Å². The Morgan fingerprint density at radius 2 is 1.63 bits per heavy atom. The summed E-state index contributed by atoms with van der Waals surface area (Å²) in [5, 5.41) is 3.09. The molecule has 0 unspecified atom stereocenters. The summed E-state index contributed by atoms with van der Waals surface area (Å²) < 4.78 is 27.9. The lowest BCUT2D eigenvalue weighted by Crippen LogP contribution is -2.36. The van der Waals surface area contributed by atoms with Crippen molar-refractivity contribution in [1.29, 1.82) is 0 Å². The van der Waals surface area contributed by atoms with Crippen LogP contribution in [0.4, 0.5) is 5.69 Å². The van der Waals surface area contributed by atoms with Crippen LogP contribution in [0.1, 0.15) is 53.6 Å². The molecule has 5 nitrogen and oxygen atoms in total. The monoisotopic (exact) mass is 386 g/mol. The van der Waals surface area contributed by atoms with Gasteiger partial charge < -0.3 is 5.32 Å². The molecule has 0 bridgehead atoms. The van der Waals surface area contributed by atoms with Crippen LogP contribution >= 0.6 is 0 Å². The van der Waals surface area contributed by atoms with Crippen molar-refractivity contribution in [1.82, 2.24) is 5.32 Å². The van der Waals surface area contributed by atoms with Gasteiger partial charge in [0.1, 0.15) is 0 Å². The molecule has 2 aromatic carbocycles. The summed E-state index contributed by atoms with van der Waals surface area (Å²) in [6.07, 6.45) is 5.51. The molecule has 0 saturated heterocycles. The Labute approximate surface area is 161 Å². The SMILES string of the molecule is Cc1ccc(S(=O)(=O)Nc2cccc(C(=O)NC3CCCCC3)c2C)cc1. The highest BCUT2D eigenvalue weighted by Crippen LogP contribution is 2.24. The number of hydrogen-bond donors (Lipinski definition) is 2. The second kappa shape index (κ2) is 8.13. The van der Waals surface area contributed by atoms with E-state index in [0.29, 0.717) is 16.8 Å². The first kappa shape index (κ1) is 19.4. The molecular formula is C21H26N2O3S. The van der Waals surface area contributed by atoms with E-state index in [4.69, 9.17) is 0 Å². The number of benzene rings is 2. The van der Waals surface area contributed by atoms with Crippen LogP contribution in [0.3, 0.4) is 0 Å². The second-order valence-corrected chi connectivity index (χ2v) is 8.89. The number of hydrogen-bond acceptors (Lipinski definition) is 3. The van der Waals surface area contributed by atoms with Crippen molar-refractivity contribution in [3.05, 3.63) is 59.2 Å². The van der Waals surface area contributed by atoms with Crippen molar-refractivity contribution in [3.8, 4) is 0 Å². The number of sulfonamides is 1. The average molecular weight is 387 g/mol. The van der Waals surface area contributed by atoms with Gasteiger partial charge in [0.2, 0.25) is 0 Å². The zero-order valence-corrected chi connectivity index (χ0v) is 16.6. The molecule has 2 N–H and O–H groups in total. The van der Waals surface area contributed by atoms with Crippen molar-refractivity contribution in [3.63, 3.8) is 0 Å².